The Morgan fingerprint density at radius 3 is 2.18 bits per heavy atom. The van der Waals surface area contributed by atoms with Crippen molar-refractivity contribution in [2.75, 3.05) is 0 Å². The standard InChI is InChI=1S/C29H20N4/c1-3-7-23(8-4-1)28-26-20-24-19-22(12-11-21-15-17-30-18-16-21)13-14-27(24)31-29(26)33(32-28)25-9-5-2-6-10-25/h1-20H/b12-11+. The van der Waals surface area contributed by atoms with Crippen molar-refractivity contribution in [3.05, 3.63) is 121 Å². The smallest absolute Gasteiger partial charge is 0.164 e. The van der Waals surface area contributed by atoms with Gasteiger partial charge in [0, 0.05) is 28.7 Å². The summed E-state index contributed by atoms with van der Waals surface area (Å²) in [7, 11) is 0. The van der Waals surface area contributed by atoms with Gasteiger partial charge in [-0.3, -0.25) is 4.98 Å². The van der Waals surface area contributed by atoms with E-state index in [0.717, 1.165) is 50.0 Å². The molecule has 6 aromatic rings. The van der Waals surface area contributed by atoms with Gasteiger partial charge in [0.2, 0.25) is 0 Å². The molecule has 0 N–H and O–H groups in total. The monoisotopic (exact) mass is 424 g/mol. The van der Waals surface area contributed by atoms with Crippen molar-refractivity contribution in [2.45, 2.75) is 0 Å². The number of fused-ring (bicyclic) bond motifs is 2. The van der Waals surface area contributed by atoms with E-state index < -0.39 is 0 Å². The van der Waals surface area contributed by atoms with Crippen LogP contribution in [0.5, 0.6) is 0 Å². The van der Waals surface area contributed by atoms with Crippen LogP contribution in [0, 0.1) is 0 Å². The van der Waals surface area contributed by atoms with E-state index in [1.165, 1.54) is 0 Å². The number of para-hydroxylation sites is 1. The van der Waals surface area contributed by atoms with E-state index in [1.54, 1.807) is 12.4 Å². The second-order valence-corrected chi connectivity index (χ2v) is 7.89. The Labute approximate surface area is 191 Å². The normalized spacial score (nSPS) is 11.5. The minimum atomic E-state index is 0.854. The average Bonchev–Trinajstić information content (AvgIpc) is 3.26. The van der Waals surface area contributed by atoms with Gasteiger partial charge in [0.05, 0.1) is 11.2 Å². The largest absolute Gasteiger partial charge is 0.265 e. The summed E-state index contributed by atoms with van der Waals surface area (Å²) in [6.07, 6.45) is 7.81. The van der Waals surface area contributed by atoms with Crippen LogP contribution in [0.4, 0.5) is 0 Å². The Kier molecular flexibility index (Phi) is 4.74. The van der Waals surface area contributed by atoms with Crippen LogP contribution in [-0.2, 0) is 0 Å². The molecule has 3 heterocycles. The van der Waals surface area contributed by atoms with E-state index in [2.05, 4.69) is 65.7 Å². The lowest BCUT2D eigenvalue weighted by atomic mass is 10.1. The third-order valence-corrected chi connectivity index (χ3v) is 5.70. The molecule has 4 heteroatoms. The fraction of sp³-hybridized carbons (Fsp3) is 0. The van der Waals surface area contributed by atoms with E-state index in [9.17, 15) is 0 Å². The summed E-state index contributed by atoms with van der Waals surface area (Å²) in [5.41, 5.74) is 7.04. The highest BCUT2D eigenvalue weighted by atomic mass is 15.3. The van der Waals surface area contributed by atoms with E-state index in [-0.39, 0.29) is 0 Å². The molecule has 3 aromatic heterocycles. The minimum Gasteiger partial charge on any atom is -0.265 e. The van der Waals surface area contributed by atoms with Crippen molar-refractivity contribution in [1.82, 2.24) is 19.7 Å². The maximum absolute atomic E-state index is 5.03. The molecule has 0 fully saturated rings. The summed E-state index contributed by atoms with van der Waals surface area (Å²) in [5, 5.41) is 7.11. The van der Waals surface area contributed by atoms with Gasteiger partial charge in [0.25, 0.3) is 0 Å². The Bertz CT molecular complexity index is 1590. The number of nitrogens with zero attached hydrogens (tertiary/aromatic N) is 4. The molecule has 0 unspecified atom stereocenters. The summed E-state index contributed by atoms with van der Waals surface area (Å²) in [6, 6.07) is 33.0. The Hall–Kier alpha value is -4.57. The van der Waals surface area contributed by atoms with Crippen LogP contribution >= 0.6 is 0 Å². The maximum Gasteiger partial charge on any atom is 0.164 e. The SMILES string of the molecule is C(=C\c1ccc2nc3c(cc2c1)c(-c1ccccc1)nn3-c1ccccc1)/c1ccncc1. The number of rotatable bonds is 4. The van der Waals surface area contributed by atoms with E-state index in [0.29, 0.717) is 0 Å². The first kappa shape index (κ1) is 19.1. The van der Waals surface area contributed by atoms with E-state index >= 15 is 0 Å². The van der Waals surface area contributed by atoms with Crippen molar-refractivity contribution >= 4 is 34.1 Å². The zero-order chi connectivity index (χ0) is 22.0. The summed E-state index contributed by atoms with van der Waals surface area (Å²) < 4.78 is 1.94. The van der Waals surface area contributed by atoms with Crippen LogP contribution in [0.15, 0.2) is 109 Å². The van der Waals surface area contributed by atoms with Crippen LogP contribution in [0.1, 0.15) is 11.1 Å². The van der Waals surface area contributed by atoms with Gasteiger partial charge in [-0.05, 0) is 53.6 Å². The third-order valence-electron chi connectivity index (χ3n) is 5.70. The van der Waals surface area contributed by atoms with Crippen LogP contribution in [0.25, 0.3) is 51.0 Å². The number of hydrogen-bond donors (Lipinski definition) is 0. The molecule has 0 aliphatic rings. The summed E-state index contributed by atoms with van der Waals surface area (Å²) in [4.78, 5) is 9.10. The molecule has 0 spiro atoms. The number of aromatic nitrogens is 4. The minimum absolute atomic E-state index is 0.854. The highest BCUT2D eigenvalue weighted by Gasteiger charge is 2.16. The molecule has 0 saturated heterocycles. The fourth-order valence-electron chi connectivity index (χ4n) is 4.05. The van der Waals surface area contributed by atoms with E-state index in [4.69, 9.17) is 10.1 Å². The Morgan fingerprint density at radius 2 is 1.39 bits per heavy atom. The summed E-state index contributed by atoms with van der Waals surface area (Å²) in [5.74, 6) is 0. The number of hydrogen-bond acceptors (Lipinski definition) is 3. The molecular formula is C29H20N4. The molecule has 0 radical (unpaired) electrons. The predicted octanol–water partition coefficient (Wildman–Crippen LogP) is 6.81. The first-order chi connectivity index (χ1) is 16.3. The average molecular weight is 425 g/mol. The molecule has 0 aliphatic heterocycles. The number of benzene rings is 3. The van der Waals surface area contributed by atoms with Crippen LogP contribution in [0.2, 0.25) is 0 Å². The second kappa shape index (κ2) is 8.17. The maximum atomic E-state index is 5.03. The zero-order valence-electron chi connectivity index (χ0n) is 17.8. The lowest BCUT2D eigenvalue weighted by Gasteiger charge is -2.04. The summed E-state index contributed by atoms with van der Waals surface area (Å²) in [6.45, 7) is 0. The van der Waals surface area contributed by atoms with Gasteiger partial charge in [-0.1, -0.05) is 66.7 Å². The molecule has 0 amide bonds. The molecule has 4 nitrogen and oxygen atoms in total. The first-order valence-corrected chi connectivity index (χ1v) is 10.9. The predicted molar refractivity (Wildman–Crippen MR) is 135 cm³/mol. The first-order valence-electron chi connectivity index (χ1n) is 10.9. The van der Waals surface area contributed by atoms with Crippen LogP contribution in [0.3, 0.4) is 0 Å². The molecule has 3 aromatic carbocycles. The zero-order valence-corrected chi connectivity index (χ0v) is 17.8. The molecule has 0 aliphatic carbocycles. The van der Waals surface area contributed by atoms with Crippen molar-refractivity contribution in [1.29, 1.82) is 0 Å². The lowest BCUT2D eigenvalue weighted by Crippen LogP contribution is -1.97. The van der Waals surface area contributed by atoms with Gasteiger partial charge in [-0.2, -0.15) is 5.10 Å². The van der Waals surface area contributed by atoms with Gasteiger partial charge < -0.3 is 0 Å². The topological polar surface area (TPSA) is 43.6 Å². The van der Waals surface area contributed by atoms with Crippen LogP contribution < -0.4 is 0 Å². The van der Waals surface area contributed by atoms with Crippen molar-refractivity contribution in [3.8, 4) is 16.9 Å². The quantitative estimate of drug-likeness (QED) is 0.312. The van der Waals surface area contributed by atoms with Gasteiger partial charge >= 0.3 is 0 Å². The fourth-order valence-corrected chi connectivity index (χ4v) is 4.05. The Morgan fingerprint density at radius 1 is 0.667 bits per heavy atom. The molecule has 33 heavy (non-hydrogen) atoms. The van der Waals surface area contributed by atoms with Crippen LogP contribution in [-0.4, -0.2) is 19.7 Å². The highest BCUT2D eigenvalue weighted by molar-refractivity contribution is 6.00. The molecular weight excluding hydrogens is 404 g/mol. The molecule has 0 atom stereocenters. The number of pyridine rings is 2. The van der Waals surface area contributed by atoms with Gasteiger partial charge in [-0.25, -0.2) is 9.67 Å². The summed E-state index contributed by atoms with van der Waals surface area (Å²) >= 11 is 0. The van der Waals surface area contributed by atoms with Crippen molar-refractivity contribution in [3.63, 3.8) is 0 Å². The van der Waals surface area contributed by atoms with Gasteiger partial charge in [0.1, 0.15) is 5.69 Å². The lowest BCUT2D eigenvalue weighted by molar-refractivity contribution is 0.903. The third kappa shape index (κ3) is 3.68. The molecule has 6 rings (SSSR count). The molecule has 156 valence electrons. The molecule has 0 saturated carbocycles. The van der Waals surface area contributed by atoms with Gasteiger partial charge in [-0.15, -0.1) is 0 Å². The molecule has 0 bridgehead atoms. The van der Waals surface area contributed by atoms with Crippen molar-refractivity contribution in [2.24, 2.45) is 0 Å². The Balaban J connectivity index is 1.53. The van der Waals surface area contributed by atoms with Crippen molar-refractivity contribution < 1.29 is 0 Å². The highest BCUT2D eigenvalue weighted by Crippen LogP contribution is 2.31. The van der Waals surface area contributed by atoms with E-state index in [1.807, 2.05) is 53.2 Å². The second-order valence-electron chi connectivity index (χ2n) is 7.89. The van der Waals surface area contributed by atoms with Gasteiger partial charge in [0.15, 0.2) is 5.65 Å².